The van der Waals surface area contributed by atoms with Crippen LogP contribution < -0.4 is 5.32 Å². The van der Waals surface area contributed by atoms with Crippen molar-refractivity contribution in [3.8, 4) is 0 Å². The predicted octanol–water partition coefficient (Wildman–Crippen LogP) is 2.52. The van der Waals surface area contributed by atoms with E-state index in [1.165, 1.54) is 0 Å². The molecule has 7 heteroatoms. The Labute approximate surface area is 114 Å². The maximum atomic E-state index is 13.5. The average molecular weight is 292 g/mol. The van der Waals surface area contributed by atoms with Crippen LogP contribution in [0.3, 0.4) is 0 Å². The lowest BCUT2D eigenvalue weighted by atomic mass is 10.1. The molecule has 1 atom stereocenters. The van der Waals surface area contributed by atoms with Gasteiger partial charge in [0.1, 0.15) is 5.82 Å². The molecule has 0 saturated heterocycles. The van der Waals surface area contributed by atoms with Gasteiger partial charge in [0.15, 0.2) is 0 Å². The van der Waals surface area contributed by atoms with Crippen LogP contribution in [0.25, 0.3) is 0 Å². The van der Waals surface area contributed by atoms with Crippen molar-refractivity contribution >= 4 is 5.91 Å². The molecule has 0 radical (unpaired) electrons. The predicted molar refractivity (Wildman–Crippen MR) is 66.9 cm³/mol. The van der Waals surface area contributed by atoms with Gasteiger partial charge in [0, 0.05) is 12.6 Å². The molecule has 0 fully saturated rings. The molecule has 0 aliphatic heterocycles. The zero-order valence-electron chi connectivity index (χ0n) is 11.4. The number of carbonyl (C=O) groups excluding carboxylic acids is 1. The largest absolute Gasteiger partial charge is 0.416 e. The second-order valence-electron chi connectivity index (χ2n) is 4.72. The summed E-state index contributed by atoms with van der Waals surface area (Å²) in [6.45, 7) is 2.03. The monoisotopic (exact) mass is 292 g/mol. The van der Waals surface area contributed by atoms with Crippen LogP contribution in [0.4, 0.5) is 17.6 Å². The van der Waals surface area contributed by atoms with Gasteiger partial charge in [0.05, 0.1) is 11.1 Å². The number of likely N-dealkylation sites (N-methyl/N-ethyl adjacent to an activating group) is 1. The van der Waals surface area contributed by atoms with E-state index in [2.05, 4.69) is 5.32 Å². The number of nitrogens with zero attached hydrogens (tertiary/aromatic N) is 1. The summed E-state index contributed by atoms with van der Waals surface area (Å²) in [5, 5.41) is 2.41. The molecule has 0 heterocycles. The minimum Gasteiger partial charge on any atom is -0.350 e. The van der Waals surface area contributed by atoms with Crippen LogP contribution >= 0.6 is 0 Å². The molecular formula is C13H16F4N2O. The van der Waals surface area contributed by atoms with Crippen LogP contribution in [0, 0.1) is 5.82 Å². The molecule has 112 valence electrons. The van der Waals surface area contributed by atoms with Gasteiger partial charge in [0.25, 0.3) is 5.91 Å². The lowest BCUT2D eigenvalue weighted by molar-refractivity contribution is -0.137. The Balaban J connectivity index is 2.87. The highest BCUT2D eigenvalue weighted by Gasteiger charge is 2.31. The number of rotatable bonds is 4. The minimum absolute atomic E-state index is 0.0205. The number of carbonyl (C=O) groups is 1. The summed E-state index contributed by atoms with van der Waals surface area (Å²) in [7, 11) is 3.59. The van der Waals surface area contributed by atoms with Gasteiger partial charge in [-0.25, -0.2) is 4.39 Å². The third-order valence-electron chi connectivity index (χ3n) is 2.98. The van der Waals surface area contributed by atoms with Crippen molar-refractivity contribution in [3.05, 3.63) is 35.1 Å². The first-order chi connectivity index (χ1) is 9.12. The van der Waals surface area contributed by atoms with E-state index in [-0.39, 0.29) is 12.6 Å². The molecule has 1 unspecified atom stereocenters. The molecule has 1 amide bonds. The Kier molecular flexibility index (Phi) is 5.10. The molecule has 1 N–H and O–H groups in total. The molecule has 0 aliphatic carbocycles. The topological polar surface area (TPSA) is 32.3 Å². The summed E-state index contributed by atoms with van der Waals surface area (Å²) in [6.07, 6.45) is -4.61. The highest BCUT2D eigenvalue weighted by atomic mass is 19.4. The molecular weight excluding hydrogens is 276 g/mol. The Morgan fingerprint density at radius 1 is 1.35 bits per heavy atom. The third kappa shape index (κ3) is 4.19. The number of halogens is 4. The number of hydrogen-bond acceptors (Lipinski definition) is 2. The fourth-order valence-electron chi connectivity index (χ4n) is 1.39. The van der Waals surface area contributed by atoms with E-state index in [0.29, 0.717) is 18.2 Å². The van der Waals surface area contributed by atoms with Crippen molar-refractivity contribution < 1.29 is 22.4 Å². The van der Waals surface area contributed by atoms with E-state index >= 15 is 0 Å². The van der Waals surface area contributed by atoms with E-state index in [0.717, 1.165) is 0 Å². The molecule has 1 aromatic rings. The van der Waals surface area contributed by atoms with Gasteiger partial charge in [-0.05, 0) is 39.2 Å². The summed E-state index contributed by atoms with van der Waals surface area (Å²) in [4.78, 5) is 13.6. The van der Waals surface area contributed by atoms with Gasteiger partial charge in [-0.3, -0.25) is 4.79 Å². The number of hydrogen-bond donors (Lipinski definition) is 1. The summed E-state index contributed by atoms with van der Waals surface area (Å²) in [5.41, 5.74) is -1.66. The van der Waals surface area contributed by atoms with Gasteiger partial charge < -0.3 is 10.2 Å². The first kappa shape index (κ1) is 16.4. The van der Waals surface area contributed by atoms with E-state index in [1.807, 2.05) is 11.8 Å². The standard InChI is InChI=1S/C13H16F4N2O/c1-8(19(2)3)7-18-12(20)10-6-9(13(15,16)17)4-5-11(10)14/h4-6,8H,7H2,1-3H3,(H,18,20). The van der Waals surface area contributed by atoms with E-state index in [4.69, 9.17) is 0 Å². The quantitative estimate of drug-likeness (QED) is 0.865. The Bertz CT molecular complexity index is 486. The van der Waals surface area contributed by atoms with Crippen LogP contribution in [0.5, 0.6) is 0 Å². The van der Waals surface area contributed by atoms with Crippen molar-refractivity contribution in [1.29, 1.82) is 0 Å². The van der Waals surface area contributed by atoms with Gasteiger partial charge in [0.2, 0.25) is 0 Å². The molecule has 0 aliphatic rings. The molecule has 0 bridgehead atoms. The molecule has 1 rings (SSSR count). The maximum absolute atomic E-state index is 13.5. The Morgan fingerprint density at radius 2 is 1.95 bits per heavy atom. The maximum Gasteiger partial charge on any atom is 0.416 e. The van der Waals surface area contributed by atoms with E-state index < -0.39 is 29.0 Å². The van der Waals surface area contributed by atoms with Gasteiger partial charge in [-0.1, -0.05) is 0 Å². The van der Waals surface area contributed by atoms with Crippen molar-refractivity contribution in [2.75, 3.05) is 20.6 Å². The summed E-state index contributed by atoms with van der Waals surface area (Å²) >= 11 is 0. The summed E-state index contributed by atoms with van der Waals surface area (Å²) in [5.74, 6) is -1.84. The number of nitrogens with one attached hydrogen (secondary N) is 1. The highest BCUT2D eigenvalue weighted by Crippen LogP contribution is 2.30. The smallest absolute Gasteiger partial charge is 0.350 e. The second kappa shape index (κ2) is 6.21. The summed E-state index contributed by atoms with van der Waals surface area (Å²) in [6, 6.07) is 1.75. The number of alkyl halides is 3. The lowest BCUT2D eigenvalue weighted by Gasteiger charge is -2.20. The fraction of sp³-hybridized carbons (Fsp3) is 0.462. The molecule has 20 heavy (non-hydrogen) atoms. The van der Waals surface area contributed by atoms with Crippen molar-refractivity contribution in [1.82, 2.24) is 10.2 Å². The van der Waals surface area contributed by atoms with Gasteiger partial charge >= 0.3 is 6.18 Å². The van der Waals surface area contributed by atoms with Gasteiger partial charge in [-0.15, -0.1) is 0 Å². The highest BCUT2D eigenvalue weighted by molar-refractivity contribution is 5.94. The summed E-state index contributed by atoms with van der Waals surface area (Å²) < 4.78 is 51.0. The molecule has 1 aromatic carbocycles. The molecule has 0 spiro atoms. The minimum atomic E-state index is -4.61. The van der Waals surface area contributed by atoms with Crippen LogP contribution in [0.2, 0.25) is 0 Å². The SMILES string of the molecule is CC(CNC(=O)c1cc(C(F)(F)F)ccc1F)N(C)C. The second-order valence-corrected chi connectivity index (χ2v) is 4.72. The van der Waals surface area contributed by atoms with Gasteiger partial charge in [-0.2, -0.15) is 13.2 Å². The molecule has 0 saturated carbocycles. The van der Waals surface area contributed by atoms with Crippen molar-refractivity contribution in [2.45, 2.75) is 19.1 Å². The first-order valence-electron chi connectivity index (χ1n) is 5.94. The van der Waals surface area contributed by atoms with Crippen LogP contribution in [-0.2, 0) is 6.18 Å². The third-order valence-corrected chi connectivity index (χ3v) is 2.98. The first-order valence-corrected chi connectivity index (χ1v) is 5.94. The number of amides is 1. The normalized spacial score (nSPS) is 13.4. The van der Waals surface area contributed by atoms with Crippen molar-refractivity contribution in [3.63, 3.8) is 0 Å². The Hall–Kier alpha value is -1.63. The van der Waals surface area contributed by atoms with Crippen molar-refractivity contribution in [2.24, 2.45) is 0 Å². The molecule has 0 aromatic heterocycles. The fourth-order valence-corrected chi connectivity index (χ4v) is 1.39. The van der Waals surface area contributed by atoms with Crippen LogP contribution in [0.15, 0.2) is 18.2 Å². The van der Waals surface area contributed by atoms with E-state index in [1.54, 1.807) is 14.1 Å². The lowest BCUT2D eigenvalue weighted by Crippen LogP contribution is -2.38. The Morgan fingerprint density at radius 3 is 2.45 bits per heavy atom. The number of benzene rings is 1. The van der Waals surface area contributed by atoms with E-state index in [9.17, 15) is 22.4 Å². The van der Waals surface area contributed by atoms with Crippen LogP contribution in [0.1, 0.15) is 22.8 Å². The zero-order chi connectivity index (χ0) is 15.5. The average Bonchev–Trinajstić information content (AvgIpc) is 2.34. The molecule has 3 nitrogen and oxygen atoms in total. The van der Waals surface area contributed by atoms with Crippen LogP contribution in [-0.4, -0.2) is 37.5 Å². The zero-order valence-corrected chi connectivity index (χ0v) is 11.4.